The van der Waals surface area contributed by atoms with Gasteiger partial charge in [-0.05, 0) is 51.3 Å². The molecule has 0 saturated carbocycles. The van der Waals surface area contributed by atoms with Crippen molar-refractivity contribution in [3.8, 4) is 5.75 Å². The zero-order valence-corrected chi connectivity index (χ0v) is 18.8. The Morgan fingerprint density at radius 2 is 1.91 bits per heavy atom. The van der Waals surface area contributed by atoms with E-state index in [2.05, 4.69) is 24.8 Å². The number of rotatable bonds is 13. The van der Waals surface area contributed by atoms with Gasteiger partial charge >= 0.3 is 5.97 Å². The highest BCUT2D eigenvalue weighted by Gasteiger charge is 2.26. The molecule has 0 amide bonds. The van der Waals surface area contributed by atoms with Crippen molar-refractivity contribution in [3.63, 3.8) is 0 Å². The summed E-state index contributed by atoms with van der Waals surface area (Å²) in [5.74, 6) is -1.11. The highest BCUT2D eigenvalue weighted by molar-refractivity contribution is 6.06. The molecule has 1 aliphatic rings. The summed E-state index contributed by atoms with van der Waals surface area (Å²) in [5, 5.41) is 8.81. The quantitative estimate of drug-likeness (QED) is 0.186. The van der Waals surface area contributed by atoms with E-state index in [9.17, 15) is 9.59 Å². The minimum absolute atomic E-state index is 0.0365. The second-order valence-corrected chi connectivity index (χ2v) is 7.93. The van der Waals surface area contributed by atoms with Gasteiger partial charge in [0.2, 0.25) is 0 Å². The lowest BCUT2D eigenvalue weighted by Gasteiger charge is -2.30. The van der Waals surface area contributed by atoms with E-state index in [-0.39, 0.29) is 17.5 Å². The third-order valence-corrected chi connectivity index (χ3v) is 4.99. The number of ketones is 1. The molecule has 0 fully saturated rings. The van der Waals surface area contributed by atoms with Crippen LogP contribution in [0.25, 0.3) is 0 Å². The first kappa shape index (κ1) is 25.1. The Kier molecular flexibility index (Phi) is 9.89. The van der Waals surface area contributed by atoms with E-state index in [1.54, 1.807) is 24.3 Å². The molecule has 0 radical (unpaired) electrons. The van der Waals surface area contributed by atoms with Crippen LogP contribution in [0.2, 0.25) is 0 Å². The summed E-state index contributed by atoms with van der Waals surface area (Å²) in [4.78, 5) is 23.4. The maximum Gasteiger partial charge on any atom is 0.341 e. The molecule has 0 bridgehead atoms. The van der Waals surface area contributed by atoms with Crippen LogP contribution in [0.15, 0.2) is 85.0 Å². The second-order valence-electron chi connectivity index (χ2n) is 7.93. The van der Waals surface area contributed by atoms with E-state index in [1.807, 2.05) is 38.2 Å². The number of carboxylic acids is 1. The van der Waals surface area contributed by atoms with Crippen molar-refractivity contribution in [3.05, 3.63) is 90.6 Å². The zero-order chi connectivity index (χ0) is 23.4. The number of carbonyl (C=O) groups excluding carboxylic acids is 1. The molecule has 0 saturated heterocycles. The minimum atomic E-state index is -1.09. The van der Waals surface area contributed by atoms with Gasteiger partial charge in [-0.3, -0.25) is 4.79 Å². The van der Waals surface area contributed by atoms with Gasteiger partial charge in [-0.1, -0.05) is 60.2 Å². The summed E-state index contributed by atoms with van der Waals surface area (Å²) < 4.78 is 11.4. The molecule has 1 N–H and O–H groups in total. The SMILES string of the molecule is C=CCCCC1(OCC=C(C)C)C=CC(/C=C/C(=O)c2ccccc2OCC(=O)O)C=C1. The fourth-order valence-corrected chi connectivity index (χ4v) is 3.24. The number of carboxylic acid groups (broad SMARTS) is 1. The average molecular weight is 437 g/mol. The summed E-state index contributed by atoms with van der Waals surface area (Å²) in [5.41, 5.74) is 1.08. The number of hydrogen-bond donors (Lipinski definition) is 1. The van der Waals surface area contributed by atoms with Crippen molar-refractivity contribution in [1.82, 2.24) is 0 Å². The minimum Gasteiger partial charge on any atom is -0.481 e. The number of unbranched alkanes of at least 4 members (excludes halogenated alkanes) is 1. The van der Waals surface area contributed by atoms with Crippen LogP contribution in [0.1, 0.15) is 43.5 Å². The third-order valence-electron chi connectivity index (χ3n) is 4.99. The Bertz CT molecular complexity index is 902. The summed E-state index contributed by atoms with van der Waals surface area (Å²) in [6.45, 7) is 7.92. The standard InChI is InChI=1S/C27H32O5/c1-4-5-8-16-27(32-19-15-21(2)3)17-13-22(14-18-27)11-12-24(28)23-9-6-7-10-25(23)31-20-26(29)30/h4,6-7,9-15,17-18,22H,1,5,8,16,19-20H2,2-3H3,(H,29,30)/b12-11+. The predicted molar refractivity (Wildman–Crippen MR) is 127 cm³/mol. The lowest BCUT2D eigenvalue weighted by Crippen LogP contribution is -2.30. The first-order valence-electron chi connectivity index (χ1n) is 10.8. The second kappa shape index (κ2) is 12.6. The molecule has 5 heteroatoms. The molecule has 0 unspecified atom stereocenters. The maximum absolute atomic E-state index is 12.7. The van der Waals surface area contributed by atoms with Crippen LogP contribution in [0.5, 0.6) is 5.75 Å². The number of hydrogen-bond acceptors (Lipinski definition) is 4. The summed E-state index contributed by atoms with van der Waals surface area (Å²) in [7, 11) is 0. The van der Waals surface area contributed by atoms with E-state index in [0.29, 0.717) is 12.2 Å². The number of para-hydroxylation sites is 1. The Labute approximate surface area is 190 Å². The van der Waals surface area contributed by atoms with Gasteiger partial charge in [-0.2, -0.15) is 0 Å². The molecule has 0 spiro atoms. The van der Waals surface area contributed by atoms with Gasteiger partial charge in [-0.15, -0.1) is 6.58 Å². The molecule has 0 aromatic heterocycles. The molecular formula is C27H32O5. The van der Waals surface area contributed by atoms with E-state index in [0.717, 1.165) is 19.3 Å². The molecule has 5 nitrogen and oxygen atoms in total. The molecule has 32 heavy (non-hydrogen) atoms. The molecule has 2 rings (SSSR count). The van der Waals surface area contributed by atoms with E-state index >= 15 is 0 Å². The van der Waals surface area contributed by atoms with Crippen molar-refractivity contribution in [2.45, 2.75) is 38.7 Å². The first-order chi connectivity index (χ1) is 15.3. The summed E-state index contributed by atoms with van der Waals surface area (Å²) >= 11 is 0. The van der Waals surface area contributed by atoms with E-state index in [1.165, 1.54) is 11.6 Å². The van der Waals surface area contributed by atoms with Crippen LogP contribution in [-0.2, 0) is 9.53 Å². The maximum atomic E-state index is 12.7. The van der Waals surface area contributed by atoms with Crippen molar-refractivity contribution in [1.29, 1.82) is 0 Å². The summed E-state index contributed by atoms with van der Waals surface area (Å²) in [6.07, 6.45) is 18.2. The van der Waals surface area contributed by atoms with E-state index in [4.69, 9.17) is 14.6 Å². The van der Waals surface area contributed by atoms with Gasteiger partial charge in [0.1, 0.15) is 11.4 Å². The lowest BCUT2D eigenvalue weighted by molar-refractivity contribution is -0.139. The average Bonchev–Trinajstić information content (AvgIpc) is 2.77. The molecule has 1 aromatic rings. The van der Waals surface area contributed by atoms with Crippen molar-refractivity contribution >= 4 is 11.8 Å². The molecule has 1 aromatic carbocycles. The van der Waals surface area contributed by atoms with Crippen molar-refractivity contribution in [2.24, 2.45) is 5.92 Å². The smallest absolute Gasteiger partial charge is 0.341 e. The van der Waals surface area contributed by atoms with Gasteiger partial charge in [0, 0.05) is 5.92 Å². The first-order valence-corrected chi connectivity index (χ1v) is 10.8. The number of benzene rings is 1. The van der Waals surface area contributed by atoms with Crippen LogP contribution < -0.4 is 4.74 Å². The van der Waals surface area contributed by atoms with Crippen molar-refractivity contribution < 1.29 is 24.2 Å². The fraction of sp³-hybridized carbons (Fsp3) is 0.333. The molecule has 1 aliphatic carbocycles. The monoisotopic (exact) mass is 436 g/mol. The van der Waals surface area contributed by atoms with Crippen LogP contribution in [0, 0.1) is 5.92 Å². The predicted octanol–water partition coefficient (Wildman–Crippen LogP) is 5.71. The van der Waals surface area contributed by atoms with Gasteiger partial charge in [0.25, 0.3) is 0 Å². The number of ether oxygens (including phenoxy) is 2. The van der Waals surface area contributed by atoms with Crippen LogP contribution in [0.3, 0.4) is 0 Å². The molecular weight excluding hydrogens is 404 g/mol. The normalized spacial score (nSPS) is 19.6. The third kappa shape index (κ3) is 8.16. The Morgan fingerprint density at radius 3 is 2.56 bits per heavy atom. The number of aliphatic carboxylic acids is 1. The molecule has 0 heterocycles. The van der Waals surface area contributed by atoms with Crippen molar-refractivity contribution in [2.75, 3.05) is 13.2 Å². The number of allylic oxidation sites excluding steroid dienone is 6. The fourth-order valence-electron chi connectivity index (χ4n) is 3.24. The van der Waals surface area contributed by atoms with Crippen LogP contribution in [-0.4, -0.2) is 35.7 Å². The lowest BCUT2D eigenvalue weighted by atomic mass is 9.87. The highest BCUT2D eigenvalue weighted by Crippen LogP contribution is 2.29. The molecule has 0 atom stereocenters. The van der Waals surface area contributed by atoms with Crippen LogP contribution >= 0.6 is 0 Å². The zero-order valence-electron chi connectivity index (χ0n) is 18.8. The van der Waals surface area contributed by atoms with Gasteiger partial charge in [0.15, 0.2) is 12.4 Å². The topological polar surface area (TPSA) is 72.8 Å². The number of carbonyl (C=O) groups is 2. The highest BCUT2D eigenvalue weighted by atomic mass is 16.5. The molecule has 170 valence electrons. The van der Waals surface area contributed by atoms with E-state index < -0.39 is 18.2 Å². The van der Waals surface area contributed by atoms with Crippen LogP contribution in [0.4, 0.5) is 0 Å². The van der Waals surface area contributed by atoms with Gasteiger partial charge in [-0.25, -0.2) is 4.79 Å². The van der Waals surface area contributed by atoms with Gasteiger partial charge < -0.3 is 14.6 Å². The van der Waals surface area contributed by atoms with Gasteiger partial charge in [0.05, 0.1) is 12.2 Å². The Morgan fingerprint density at radius 1 is 1.19 bits per heavy atom. The molecule has 0 aliphatic heterocycles. The Balaban J connectivity index is 2.06. The largest absolute Gasteiger partial charge is 0.481 e. The Hall–Kier alpha value is -3.18. The summed E-state index contributed by atoms with van der Waals surface area (Å²) in [6, 6.07) is 6.63.